The summed E-state index contributed by atoms with van der Waals surface area (Å²) in [5.74, 6) is 3.94. The van der Waals surface area contributed by atoms with E-state index in [0.29, 0.717) is 17.6 Å². The van der Waals surface area contributed by atoms with Gasteiger partial charge in [0.1, 0.15) is 5.78 Å². The highest BCUT2D eigenvalue weighted by Gasteiger charge is 2.62. The van der Waals surface area contributed by atoms with E-state index in [1.165, 1.54) is 19.3 Å². The Kier molecular flexibility index (Phi) is 3.61. The first-order chi connectivity index (χ1) is 11.0. The van der Waals surface area contributed by atoms with Crippen molar-refractivity contribution in [1.29, 1.82) is 5.26 Å². The van der Waals surface area contributed by atoms with Gasteiger partial charge in [-0.05, 0) is 74.5 Å². The first kappa shape index (κ1) is 15.6. The van der Waals surface area contributed by atoms with Gasteiger partial charge < -0.3 is 5.11 Å². The van der Waals surface area contributed by atoms with Crippen LogP contribution < -0.4 is 0 Å². The fourth-order valence-electron chi connectivity index (χ4n) is 7.19. The van der Waals surface area contributed by atoms with Gasteiger partial charge in [-0.2, -0.15) is 5.26 Å². The fourth-order valence-corrected chi connectivity index (χ4v) is 7.19. The molecular weight excluding hydrogens is 286 g/mol. The Balaban J connectivity index is 1.59. The van der Waals surface area contributed by atoms with E-state index in [1.807, 2.05) is 0 Å². The zero-order chi connectivity index (χ0) is 16.2. The van der Waals surface area contributed by atoms with E-state index >= 15 is 0 Å². The second kappa shape index (κ2) is 5.31. The molecule has 0 aliphatic heterocycles. The van der Waals surface area contributed by atoms with Crippen LogP contribution in [0.1, 0.15) is 71.1 Å². The smallest absolute Gasteiger partial charge is 0.133 e. The molecule has 3 nitrogen and oxygen atoms in total. The molecule has 3 heteroatoms. The van der Waals surface area contributed by atoms with Crippen LogP contribution >= 0.6 is 0 Å². The molecule has 0 aromatic rings. The largest absolute Gasteiger partial charge is 0.388 e. The van der Waals surface area contributed by atoms with Crippen LogP contribution in [-0.2, 0) is 4.79 Å². The van der Waals surface area contributed by atoms with Gasteiger partial charge in [-0.3, -0.25) is 4.79 Å². The topological polar surface area (TPSA) is 61.1 Å². The van der Waals surface area contributed by atoms with Crippen LogP contribution in [0.25, 0.3) is 0 Å². The second-order valence-electron chi connectivity index (χ2n) is 9.08. The van der Waals surface area contributed by atoms with Crippen LogP contribution in [0.3, 0.4) is 0 Å². The van der Waals surface area contributed by atoms with Crippen molar-refractivity contribution >= 4 is 5.78 Å². The average Bonchev–Trinajstić information content (AvgIpc) is 2.79. The summed E-state index contributed by atoms with van der Waals surface area (Å²) in [7, 11) is 0. The summed E-state index contributed by atoms with van der Waals surface area (Å²) in [6, 6.07) is 2.24. The lowest BCUT2D eigenvalue weighted by atomic mass is 9.49. The van der Waals surface area contributed by atoms with Gasteiger partial charge in [0.05, 0.1) is 18.1 Å². The predicted octanol–water partition coefficient (Wildman–Crippen LogP) is 3.85. The number of Topliss-reactive ketones (excluding diaryl/α,β-unsaturated/α-hetero) is 1. The van der Waals surface area contributed by atoms with Gasteiger partial charge >= 0.3 is 0 Å². The lowest BCUT2D eigenvalue weighted by Gasteiger charge is -2.56. The van der Waals surface area contributed by atoms with E-state index in [1.54, 1.807) is 0 Å². The third-order valence-electron chi connectivity index (χ3n) is 8.46. The lowest BCUT2D eigenvalue weighted by molar-refractivity contribution is -0.136. The molecule has 4 fully saturated rings. The van der Waals surface area contributed by atoms with Gasteiger partial charge in [-0.25, -0.2) is 0 Å². The number of carbonyl (C=O) groups is 1. The van der Waals surface area contributed by atoms with Gasteiger partial charge in [-0.1, -0.05) is 6.92 Å². The number of hydrogen-bond acceptors (Lipinski definition) is 3. The molecule has 0 radical (unpaired) electrons. The Morgan fingerprint density at radius 1 is 1.13 bits per heavy atom. The Morgan fingerprint density at radius 2 is 1.96 bits per heavy atom. The summed E-state index contributed by atoms with van der Waals surface area (Å²) in [6.07, 6.45) is 9.62. The number of nitrogens with zero attached hydrogens (tertiary/aromatic N) is 1. The second-order valence-corrected chi connectivity index (χ2v) is 9.08. The quantitative estimate of drug-likeness (QED) is 0.799. The van der Waals surface area contributed by atoms with Gasteiger partial charge in [0.2, 0.25) is 0 Å². The molecule has 0 saturated heterocycles. The van der Waals surface area contributed by atoms with E-state index in [2.05, 4.69) is 13.0 Å². The molecule has 4 aliphatic rings. The molecule has 0 bridgehead atoms. The summed E-state index contributed by atoms with van der Waals surface area (Å²) < 4.78 is 0. The Morgan fingerprint density at radius 3 is 2.74 bits per heavy atom. The van der Waals surface area contributed by atoms with Crippen LogP contribution in [0.4, 0.5) is 0 Å². The summed E-state index contributed by atoms with van der Waals surface area (Å²) in [4.78, 5) is 11.8. The van der Waals surface area contributed by atoms with Crippen molar-refractivity contribution in [3.63, 3.8) is 0 Å². The highest BCUT2D eigenvalue weighted by Crippen LogP contribution is 2.65. The highest BCUT2D eigenvalue weighted by molar-refractivity contribution is 5.79. The van der Waals surface area contributed by atoms with Crippen LogP contribution in [0.5, 0.6) is 0 Å². The fraction of sp³-hybridized carbons (Fsp3) is 0.900. The van der Waals surface area contributed by atoms with E-state index in [4.69, 9.17) is 5.26 Å². The molecule has 0 aromatic carbocycles. The maximum atomic E-state index is 11.8. The molecule has 1 N–H and O–H groups in total. The maximum absolute atomic E-state index is 11.8. The molecule has 4 aliphatic carbocycles. The molecule has 0 aromatic heterocycles. The van der Waals surface area contributed by atoms with Crippen molar-refractivity contribution in [3.8, 4) is 6.07 Å². The Bertz CT molecular complexity index is 552. The molecule has 0 unspecified atom stereocenters. The number of carbonyl (C=O) groups excluding carboxylic acids is 1. The number of nitriles is 1. The van der Waals surface area contributed by atoms with E-state index < -0.39 is 5.60 Å². The normalized spacial score (nSPS) is 52.2. The third kappa shape index (κ3) is 2.14. The Hall–Kier alpha value is -0.880. The summed E-state index contributed by atoms with van der Waals surface area (Å²) in [5, 5.41) is 20.3. The van der Waals surface area contributed by atoms with Crippen molar-refractivity contribution in [2.24, 2.45) is 35.0 Å². The SMILES string of the molecule is C[C@]12CC[C@H]3[C@@H](CC[C@H]4CC(=O)CC[C@@H]43)[C@@H]1CC[C@@]2(O)CC#N. The van der Waals surface area contributed by atoms with E-state index in [0.717, 1.165) is 56.3 Å². The zero-order valence-electron chi connectivity index (χ0n) is 14.3. The minimum atomic E-state index is -0.767. The van der Waals surface area contributed by atoms with Gasteiger partial charge in [0.15, 0.2) is 0 Å². The molecule has 0 heterocycles. The molecule has 126 valence electrons. The molecule has 7 atom stereocenters. The number of rotatable bonds is 1. The van der Waals surface area contributed by atoms with Crippen LogP contribution in [0.2, 0.25) is 0 Å². The number of aliphatic hydroxyl groups is 1. The highest BCUT2D eigenvalue weighted by atomic mass is 16.3. The average molecular weight is 315 g/mol. The predicted molar refractivity (Wildman–Crippen MR) is 87.3 cm³/mol. The molecule has 0 amide bonds. The number of hydrogen-bond donors (Lipinski definition) is 1. The number of ketones is 1. The molecular formula is C20H29NO2. The molecule has 23 heavy (non-hydrogen) atoms. The first-order valence-electron chi connectivity index (χ1n) is 9.59. The monoisotopic (exact) mass is 315 g/mol. The minimum Gasteiger partial charge on any atom is -0.388 e. The molecule has 0 spiro atoms. The maximum Gasteiger partial charge on any atom is 0.133 e. The van der Waals surface area contributed by atoms with Crippen molar-refractivity contribution < 1.29 is 9.90 Å². The van der Waals surface area contributed by atoms with Crippen molar-refractivity contribution in [1.82, 2.24) is 0 Å². The minimum absolute atomic E-state index is 0.0682. The summed E-state index contributed by atoms with van der Waals surface area (Å²) in [6.45, 7) is 2.26. The lowest BCUT2D eigenvalue weighted by Crippen LogP contribution is -2.53. The van der Waals surface area contributed by atoms with Crippen LogP contribution in [0, 0.1) is 46.3 Å². The Labute approximate surface area is 139 Å². The van der Waals surface area contributed by atoms with Crippen molar-refractivity contribution in [2.45, 2.75) is 76.7 Å². The molecule has 4 rings (SSSR count). The molecule has 4 saturated carbocycles. The van der Waals surface area contributed by atoms with Gasteiger partial charge in [0.25, 0.3) is 0 Å². The summed E-state index contributed by atoms with van der Waals surface area (Å²) >= 11 is 0. The van der Waals surface area contributed by atoms with E-state index in [-0.39, 0.29) is 11.8 Å². The van der Waals surface area contributed by atoms with Crippen LogP contribution in [-0.4, -0.2) is 16.5 Å². The number of fused-ring (bicyclic) bond motifs is 5. The summed E-state index contributed by atoms with van der Waals surface area (Å²) in [5.41, 5.74) is -0.835. The zero-order valence-corrected chi connectivity index (χ0v) is 14.3. The van der Waals surface area contributed by atoms with Crippen molar-refractivity contribution in [3.05, 3.63) is 0 Å². The standard InChI is InChI=1S/C20H29NO2/c1-19-8-6-16-15-5-3-14(22)12-13(15)2-4-17(16)18(19)7-9-20(19,23)10-11-21/h13,15-18,23H,2-10,12H2,1H3/t13-,15-,16+,17+,18-,19-,20+/m0/s1. The van der Waals surface area contributed by atoms with Crippen LogP contribution in [0.15, 0.2) is 0 Å². The third-order valence-corrected chi connectivity index (χ3v) is 8.46. The van der Waals surface area contributed by atoms with Gasteiger partial charge in [-0.15, -0.1) is 0 Å². The van der Waals surface area contributed by atoms with E-state index in [9.17, 15) is 9.90 Å². The van der Waals surface area contributed by atoms with Gasteiger partial charge in [0, 0.05) is 18.3 Å². The van der Waals surface area contributed by atoms with Crippen molar-refractivity contribution in [2.75, 3.05) is 0 Å². The first-order valence-corrected chi connectivity index (χ1v) is 9.59.